The highest BCUT2D eigenvalue weighted by Crippen LogP contribution is 2.36. The minimum atomic E-state index is -0.410. The molecule has 0 fully saturated rings. The minimum absolute atomic E-state index is 0.0944. The maximum Gasteiger partial charge on any atom is 0.118 e. The molecule has 0 saturated carbocycles. The third kappa shape index (κ3) is 4.59. The van der Waals surface area contributed by atoms with Crippen molar-refractivity contribution < 1.29 is 0 Å². The summed E-state index contributed by atoms with van der Waals surface area (Å²) in [6.45, 7) is 2.09. The first-order chi connectivity index (χ1) is 13.1. The van der Waals surface area contributed by atoms with E-state index >= 15 is 0 Å². The van der Waals surface area contributed by atoms with E-state index in [1.165, 1.54) is 16.7 Å². The summed E-state index contributed by atoms with van der Waals surface area (Å²) < 4.78 is 0. The SMILES string of the molecule is Cc1cccc(C(CC(N=O)c2ccncc2)c2ccc(N(C)C)cc2)c1. The van der Waals surface area contributed by atoms with Crippen LogP contribution in [0.1, 0.15) is 40.6 Å². The molecule has 3 rings (SSSR count). The summed E-state index contributed by atoms with van der Waals surface area (Å²) in [6.07, 6.45) is 4.04. The van der Waals surface area contributed by atoms with Crippen molar-refractivity contribution in [3.05, 3.63) is 100 Å². The molecule has 0 aliphatic carbocycles. The van der Waals surface area contributed by atoms with E-state index in [0.29, 0.717) is 6.42 Å². The molecule has 3 aromatic rings. The van der Waals surface area contributed by atoms with Crippen molar-refractivity contribution in [3.63, 3.8) is 0 Å². The minimum Gasteiger partial charge on any atom is -0.378 e. The monoisotopic (exact) mass is 359 g/mol. The summed E-state index contributed by atoms with van der Waals surface area (Å²) in [5.41, 5.74) is 5.66. The predicted octanol–water partition coefficient (Wildman–Crippen LogP) is 5.49. The van der Waals surface area contributed by atoms with Gasteiger partial charge in [-0.25, -0.2) is 0 Å². The first kappa shape index (κ1) is 18.8. The van der Waals surface area contributed by atoms with Gasteiger partial charge in [0.25, 0.3) is 0 Å². The zero-order chi connectivity index (χ0) is 19.2. The molecule has 0 N–H and O–H groups in total. The zero-order valence-electron chi connectivity index (χ0n) is 16.0. The largest absolute Gasteiger partial charge is 0.378 e. The van der Waals surface area contributed by atoms with Crippen molar-refractivity contribution in [2.24, 2.45) is 5.18 Å². The van der Waals surface area contributed by atoms with Gasteiger partial charge in [-0.15, -0.1) is 0 Å². The lowest BCUT2D eigenvalue weighted by atomic mass is 9.84. The Kier molecular flexibility index (Phi) is 5.97. The van der Waals surface area contributed by atoms with Crippen LogP contribution >= 0.6 is 0 Å². The summed E-state index contributed by atoms with van der Waals surface area (Å²) in [5, 5.41) is 3.43. The lowest BCUT2D eigenvalue weighted by Gasteiger charge is -2.22. The molecule has 1 heterocycles. The quantitative estimate of drug-likeness (QED) is 0.524. The fourth-order valence-electron chi connectivity index (χ4n) is 3.41. The molecular formula is C23H25N3O. The highest BCUT2D eigenvalue weighted by molar-refractivity contribution is 5.48. The average molecular weight is 359 g/mol. The lowest BCUT2D eigenvalue weighted by molar-refractivity contribution is 0.593. The number of hydrogen-bond donors (Lipinski definition) is 0. The predicted molar refractivity (Wildman–Crippen MR) is 111 cm³/mol. The van der Waals surface area contributed by atoms with Gasteiger partial charge >= 0.3 is 0 Å². The zero-order valence-corrected chi connectivity index (χ0v) is 16.0. The van der Waals surface area contributed by atoms with E-state index in [1.807, 2.05) is 26.2 Å². The molecule has 0 amide bonds. The lowest BCUT2D eigenvalue weighted by Crippen LogP contribution is -2.10. The van der Waals surface area contributed by atoms with Gasteiger partial charge in [-0.2, -0.15) is 4.91 Å². The molecule has 138 valence electrons. The molecule has 2 atom stereocenters. The molecule has 0 aliphatic heterocycles. The first-order valence-electron chi connectivity index (χ1n) is 9.14. The normalized spacial score (nSPS) is 13.0. The Balaban J connectivity index is 1.98. The van der Waals surface area contributed by atoms with Gasteiger partial charge in [-0.1, -0.05) is 47.1 Å². The highest BCUT2D eigenvalue weighted by Gasteiger charge is 2.22. The number of aromatic nitrogens is 1. The van der Waals surface area contributed by atoms with Crippen LogP contribution in [0.2, 0.25) is 0 Å². The van der Waals surface area contributed by atoms with E-state index in [2.05, 4.69) is 70.5 Å². The summed E-state index contributed by atoms with van der Waals surface area (Å²) in [7, 11) is 4.06. The molecule has 4 heteroatoms. The number of pyridine rings is 1. The maximum atomic E-state index is 11.6. The molecule has 27 heavy (non-hydrogen) atoms. The molecule has 1 aromatic heterocycles. The Morgan fingerprint density at radius 2 is 1.63 bits per heavy atom. The van der Waals surface area contributed by atoms with Crippen LogP contribution in [0.4, 0.5) is 5.69 Å². The number of aryl methyl sites for hydroxylation is 1. The van der Waals surface area contributed by atoms with Gasteiger partial charge in [-0.3, -0.25) is 4.98 Å². The molecule has 0 saturated heterocycles. The average Bonchev–Trinajstić information content (AvgIpc) is 2.69. The van der Waals surface area contributed by atoms with Crippen LogP contribution < -0.4 is 4.90 Å². The van der Waals surface area contributed by atoms with Gasteiger partial charge < -0.3 is 4.90 Å². The fraction of sp³-hybridized carbons (Fsp3) is 0.261. The Hall–Kier alpha value is -3.01. The van der Waals surface area contributed by atoms with Crippen molar-refractivity contribution in [2.45, 2.75) is 25.3 Å². The fourth-order valence-corrected chi connectivity index (χ4v) is 3.41. The van der Waals surface area contributed by atoms with E-state index < -0.39 is 6.04 Å². The van der Waals surface area contributed by atoms with E-state index in [1.54, 1.807) is 12.4 Å². The maximum absolute atomic E-state index is 11.6. The number of benzene rings is 2. The van der Waals surface area contributed by atoms with Gasteiger partial charge in [0, 0.05) is 38.1 Å². The molecule has 2 aromatic carbocycles. The summed E-state index contributed by atoms with van der Waals surface area (Å²) in [4.78, 5) is 17.8. The smallest absolute Gasteiger partial charge is 0.118 e. The van der Waals surface area contributed by atoms with Gasteiger partial charge in [0.05, 0.1) is 0 Å². The van der Waals surface area contributed by atoms with Crippen molar-refractivity contribution in [3.8, 4) is 0 Å². The van der Waals surface area contributed by atoms with Crippen LogP contribution in [0.15, 0.2) is 78.2 Å². The van der Waals surface area contributed by atoms with E-state index in [9.17, 15) is 4.91 Å². The van der Waals surface area contributed by atoms with Crippen molar-refractivity contribution in [1.82, 2.24) is 4.98 Å². The molecule has 0 radical (unpaired) electrons. The molecule has 4 nitrogen and oxygen atoms in total. The molecule has 2 unspecified atom stereocenters. The Morgan fingerprint density at radius 1 is 0.926 bits per heavy atom. The molecule has 0 spiro atoms. The van der Waals surface area contributed by atoms with Crippen LogP contribution in [0.5, 0.6) is 0 Å². The first-order valence-corrected chi connectivity index (χ1v) is 9.14. The Morgan fingerprint density at radius 3 is 2.22 bits per heavy atom. The van der Waals surface area contributed by atoms with Gasteiger partial charge in [0.2, 0.25) is 0 Å². The Bertz CT molecular complexity index is 876. The van der Waals surface area contributed by atoms with Crippen molar-refractivity contribution >= 4 is 5.69 Å². The Labute approximate surface area is 160 Å². The second-order valence-corrected chi connectivity index (χ2v) is 7.09. The molecular weight excluding hydrogens is 334 g/mol. The second kappa shape index (κ2) is 8.58. The van der Waals surface area contributed by atoms with Crippen LogP contribution in [-0.4, -0.2) is 19.1 Å². The third-order valence-corrected chi connectivity index (χ3v) is 4.93. The summed E-state index contributed by atoms with van der Waals surface area (Å²) in [6, 6.07) is 20.4. The number of nitrogens with zero attached hydrogens (tertiary/aromatic N) is 3. The van der Waals surface area contributed by atoms with E-state index in [-0.39, 0.29) is 5.92 Å². The van der Waals surface area contributed by atoms with Gasteiger partial charge in [-0.05, 0) is 54.3 Å². The highest BCUT2D eigenvalue weighted by atomic mass is 16.3. The van der Waals surface area contributed by atoms with Gasteiger partial charge in [0.15, 0.2) is 0 Å². The molecule has 0 aliphatic rings. The van der Waals surface area contributed by atoms with Crippen LogP contribution in [0, 0.1) is 11.8 Å². The number of hydrogen-bond acceptors (Lipinski definition) is 4. The standard InChI is InChI=1S/C23H25N3O/c1-17-5-4-6-20(15-17)22(18-7-9-21(10-8-18)26(2)3)16-23(25-27)19-11-13-24-14-12-19/h4-15,22-23H,16H2,1-3H3. The summed E-state index contributed by atoms with van der Waals surface area (Å²) >= 11 is 0. The van der Waals surface area contributed by atoms with Crippen molar-refractivity contribution in [1.29, 1.82) is 0 Å². The van der Waals surface area contributed by atoms with Gasteiger partial charge in [0.1, 0.15) is 6.04 Å². The number of rotatable bonds is 7. The number of nitroso groups, excluding NO2 is 1. The number of anilines is 1. The second-order valence-electron chi connectivity index (χ2n) is 7.09. The van der Waals surface area contributed by atoms with Crippen LogP contribution in [0.3, 0.4) is 0 Å². The summed E-state index contributed by atoms with van der Waals surface area (Å²) in [5.74, 6) is 0.0944. The van der Waals surface area contributed by atoms with Crippen LogP contribution in [0.25, 0.3) is 0 Å². The van der Waals surface area contributed by atoms with E-state index in [4.69, 9.17) is 0 Å². The van der Waals surface area contributed by atoms with E-state index in [0.717, 1.165) is 11.3 Å². The van der Waals surface area contributed by atoms with Crippen molar-refractivity contribution in [2.75, 3.05) is 19.0 Å². The third-order valence-electron chi connectivity index (χ3n) is 4.93. The van der Waals surface area contributed by atoms with Crippen LogP contribution in [-0.2, 0) is 0 Å². The topological polar surface area (TPSA) is 45.6 Å². The molecule has 0 bridgehead atoms.